The average Bonchev–Trinajstić information content (AvgIpc) is 3.06. The summed E-state index contributed by atoms with van der Waals surface area (Å²) in [6, 6.07) is 0. The number of aliphatic carboxylic acids is 1. The molecule has 1 fully saturated rings. The Balaban J connectivity index is 1.69. The molecule has 1 N–H and O–H groups in total. The van der Waals surface area contributed by atoms with E-state index in [1.165, 1.54) is 0 Å². The highest BCUT2D eigenvalue weighted by atomic mass is 16.4. The third-order valence-electron chi connectivity index (χ3n) is 4.50. The maximum absolute atomic E-state index is 12.4. The first kappa shape index (κ1) is 13.1. The molecule has 0 spiro atoms. The summed E-state index contributed by atoms with van der Waals surface area (Å²) in [5.74, 6) is -0.146. The van der Waals surface area contributed by atoms with Crippen LogP contribution < -0.4 is 0 Å². The number of carboxylic acids is 1. The van der Waals surface area contributed by atoms with Gasteiger partial charge in [0.2, 0.25) is 5.91 Å². The third-order valence-corrected chi connectivity index (χ3v) is 4.50. The molecular formula is C13H18N4O3. The molecule has 0 radical (unpaired) electrons. The number of carbonyl (C=O) groups excluding carboxylic acids is 1. The Bertz CT molecular complexity index is 533. The van der Waals surface area contributed by atoms with Gasteiger partial charge in [0.25, 0.3) is 0 Å². The first-order valence-corrected chi connectivity index (χ1v) is 6.99. The number of fused-ring (bicyclic) bond motifs is 1. The topological polar surface area (TPSA) is 88.3 Å². The van der Waals surface area contributed by atoms with Gasteiger partial charge >= 0.3 is 5.97 Å². The second-order valence-electron chi connectivity index (χ2n) is 5.73. The van der Waals surface area contributed by atoms with Crippen molar-refractivity contribution in [2.45, 2.75) is 45.2 Å². The minimum atomic E-state index is -0.845. The van der Waals surface area contributed by atoms with Crippen molar-refractivity contribution in [3.8, 4) is 0 Å². The van der Waals surface area contributed by atoms with Crippen LogP contribution in [0.4, 0.5) is 0 Å². The van der Waals surface area contributed by atoms with E-state index in [1.807, 2.05) is 4.57 Å². The predicted octanol–water partition coefficient (Wildman–Crippen LogP) is 0.655. The van der Waals surface area contributed by atoms with E-state index in [1.54, 1.807) is 11.2 Å². The smallest absolute Gasteiger partial charge is 0.310 e. The van der Waals surface area contributed by atoms with Crippen molar-refractivity contribution in [1.29, 1.82) is 0 Å². The molecule has 1 aromatic rings. The highest BCUT2D eigenvalue weighted by Crippen LogP contribution is 2.41. The fourth-order valence-electron chi connectivity index (χ4n) is 3.20. The lowest BCUT2D eigenvalue weighted by atomic mass is 9.82. The van der Waals surface area contributed by atoms with E-state index in [2.05, 4.69) is 10.2 Å². The SMILES string of the molecule is O=C(CC1(C(=O)O)CCCC1)N1CCn2cnnc2C1. The fourth-order valence-corrected chi connectivity index (χ4v) is 3.20. The highest BCUT2D eigenvalue weighted by Gasteiger charge is 2.44. The van der Waals surface area contributed by atoms with Gasteiger partial charge in [-0.05, 0) is 12.8 Å². The summed E-state index contributed by atoms with van der Waals surface area (Å²) in [5, 5.41) is 17.2. The molecule has 1 aromatic heterocycles. The lowest BCUT2D eigenvalue weighted by Crippen LogP contribution is -2.42. The van der Waals surface area contributed by atoms with Crippen LogP contribution in [0.5, 0.6) is 0 Å². The second kappa shape index (κ2) is 4.88. The van der Waals surface area contributed by atoms with Gasteiger partial charge in [0, 0.05) is 19.5 Å². The summed E-state index contributed by atoms with van der Waals surface area (Å²) in [5.41, 5.74) is -0.845. The molecule has 0 saturated heterocycles. The molecule has 20 heavy (non-hydrogen) atoms. The Kier molecular flexibility index (Phi) is 3.19. The molecule has 7 nitrogen and oxygen atoms in total. The lowest BCUT2D eigenvalue weighted by molar-refractivity contribution is -0.153. The van der Waals surface area contributed by atoms with Gasteiger partial charge in [-0.3, -0.25) is 9.59 Å². The van der Waals surface area contributed by atoms with Gasteiger partial charge in [-0.25, -0.2) is 0 Å². The van der Waals surface area contributed by atoms with E-state index in [-0.39, 0.29) is 12.3 Å². The monoisotopic (exact) mass is 278 g/mol. The zero-order valence-corrected chi connectivity index (χ0v) is 11.3. The summed E-state index contributed by atoms with van der Waals surface area (Å²) in [6.07, 6.45) is 4.78. The van der Waals surface area contributed by atoms with Gasteiger partial charge in [0.15, 0.2) is 5.82 Å². The van der Waals surface area contributed by atoms with E-state index < -0.39 is 11.4 Å². The van der Waals surface area contributed by atoms with E-state index in [0.717, 1.165) is 18.7 Å². The lowest BCUT2D eigenvalue weighted by Gasteiger charge is -2.31. The second-order valence-corrected chi connectivity index (χ2v) is 5.73. The maximum atomic E-state index is 12.4. The molecule has 1 aliphatic heterocycles. The third kappa shape index (κ3) is 2.17. The first-order valence-electron chi connectivity index (χ1n) is 6.99. The Morgan fingerprint density at radius 1 is 1.30 bits per heavy atom. The van der Waals surface area contributed by atoms with Crippen molar-refractivity contribution in [3.05, 3.63) is 12.2 Å². The number of rotatable bonds is 3. The molecule has 108 valence electrons. The minimum absolute atomic E-state index is 0.0800. The van der Waals surface area contributed by atoms with Gasteiger partial charge in [-0.2, -0.15) is 0 Å². The molecule has 1 amide bonds. The van der Waals surface area contributed by atoms with Crippen molar-refractivity contribution in [2.24, 2.45) is 5.41 Å². The number of aromatic nitrogens is 3. The first-order chi connectivity index (χ1) is 9.61. The van der Waals surface area contributed by atoms with E-state index in [0.29, 0.717) is 32.5 Å². The van der Waals surface area contributed by atoms with Gasteiger partial charge < -0.3 is 14.6 Å². The summed E-state index contributed by atoms with van der Waals surface area (Å²) >= 11 is 0. The zero-order valence-electron chi connectivity index (χ0n) is 11.3. The minimum Gasteiger partial charge on any atom is -0.481 e. The van der Waals surface area contributed by atoms with Crippen molar-refractivity contribution in [2.75, 3.05) is 6.54 Å². The average molecular weight is 278 g/mol. The Morgan fingerprint density at radius 2 is 2.05 bits per heavy atom. The van der Waals surface area contributed by atoms with Crippen LogP contribution in [0.25, 0.3) is 0 Å². The molecule has 2 aliphatic rings. The summed E-state index contributed by atoms with van der Waals surface area (Å²) in [4.78, 5) is 25.6. The molecule has 0 unspecified atom stereocenters. The number of amides is 1. The highest BCUT2D eigenvalue weighted by molar-refractivity contribution is 5.85. The number of hydrogen-bond acceptors (Lipinski definition) is 4. The van der Waals surface area contributed by atoms with Crippen LogP contribution in [0.3, 0.4) is 0 Å². The largest absolute Gasteiger partial charge is 0.481 e. The fraction of sp³-hybridized carbons (Fsp3) is 0.692. The van der Waals surface area contributed by atoms with Crippen LogP contribution in [0.2, 0.25) is 0 Å². The predicted molar refractivity (Wildman–Crippen MR) is 68.6 cm³/mol. The maximum Gasteiger partial charge on any atom is 0.310 e. The number of hydrogen-bond donors (Lipinski definition) is 1. The summed E-state index contributed by atoms with van der Waals surface area (Å²) < 4.78 is 1.92. The van der Waals surface area contributed by atoms with Crippen LogP contribution in [-0.4, -0.2) is 43.2 Å². The molecule has 0 bridgehead atoms. The molecule has 1 saturated carbocycles. The van der Waals surface area contributed by atoms with Crippen LogP contribution >= 0.6 is 0 Å². The molecule has 0 atom stereocenters. The van der Waals surface area contributed by atoms with Gasteiger partial charge in [0.05, 0.1) is 12.0 Å². The molecule has 0 aromatic carbocycles. The van der Waals surface area contributed by atoms with Crippen LogP contribution in [-0.2, 0) is 22.7 Å². The number of carboxylic acid groups (broad SMARTS) is 1. The van der Waals surface area contributed by atoms with Crippen molar-refractivity contribution in [1.82, 2.24) is 19.7 Å². The summed E-state index contributed by atoms with van der Waals surface area (Å²) in [6.45, 7) is 1.70. The van der Waals surface area contributed by atoms with E-state index >= 15 is 0 Å². The summed E-state index contributed by atoms with van der Waals surface area (Å²) in [7, 11) is 0. The number of carbonyl (C=O) groups is 2. The Morgan fingerprint density at radius 3 is 2.75 bits per heavy atom. The van der Waals surface area contributed by atoms with Crippen molar-refractivity contribution in [3.63, 3.8) is 0 Å². The Hall–Kier alpha value is -1.92. The molecular weight excluding hydrogens is 260 g/mol. The molecule has 2 heterocycles. The Labute approximate surface area is 116 Å². The molecule has 3 rings (SSSR count). The standard InChI is InChI=1S/C13H18N4O3/c18-11(7-13(12(19)20)3-1-2-4-13)16-5-6-17-9-14-15-10(17)8-16/h9H,1-8H2,(H,19,20). The van der Waals surface area contributed by atoms with Gasteiger partial charge in [-0.1, -0.05) is 12.8 Å². The van der Waals surface area contributed by atoms with Gasteiger partial charge in [0.1, 0.15) is 6.33 Å². The quantitative estimate of drug-likeness (QED) is 0.877. The van der Waals surface area contributed by atoms with Crippen LogP contribution in [0, 0.1) is 5.41 Å². The number of nitrogens with zero attached hydrogens (tertiary/aromatic N) is 4. The van der Waals surface area contributed by atoms with E-state index in [4.69, 9.17) is 0 Å². The molecule has 7 heteroatoms. The normalized spacial score (nSPS) is 20.7. The zero-order chi connectivity index (χ0) is 14.2. The van der Waals surface area contributed by atoms with Gasteiger partial charge in [-0.15, -0.1) is 10.2 Å². The van der Waals surface area contributed by atoms with Crippen molar-refractivity contribution < 1.29 is 14.7 Å². The molecule has 1 aliphatic carbocycles. The van der Waals surface area contributed by atoms with Crippen molar-refractivity contribution >= 4 is 11.9 Å². The van der Waals surface area contributed by atoms with E-state index in [9.17, 15) is 14.7 Å². The van der Waals surface area contributed by atoms with Crippen LogP contribution in [0.1, 0.15) is 37.9 Å². The van der Waals surface area contributed by atoms with Crippen LogP contribution in [0.15, 0.2) is 6.33 Å².